The van der Waals surface area contributed by atoms with E-state index in [4.69, 9.17) is 4.74 Å². The van der Waals surface area contributed by atoms with Gasteiger partial charge in [-0.3, -0.25) is 10.00 Å². The lowest BCUT2D eigenvalue weighted by Gasteiger charge is -2.16. The summed E-state index contributed by atoms with van der Waals surface area (Å²) < 4.78 is 7.23. The molecule has 5 nitrogen and oxygen atoms in total. The van der Waals surface area contributed by atoms with Gasteiger partial charge in [0.2, 0.25) is 0 Å². The summed E-state index contributed by atoms with van der Waals surface area (Å²) in [5, 5.41) is 11.2. The molecule has 1 aliphatic heterocycles. The lowest BCUT2D eigenvalue weighted by Crippen LogP contribution is -2.25. The summed E-state index contributed by atoms with van der Waals surface area (Å²) in [5.74, 6) is 1.94. The number of rotatable bonds is 6. The molecule has 6 heteroatoms. The van der Waals surface area contributed by atoms with Gasteiger partial charge in [-0.25, -0.2) is 0 Å². The predicted octanol–water partition coefficient (Wildman–Crippen LogP) is 4.96. The van der Waals surface area contributed by atoms with Crippen molar-refractivity contribution in [3.05, 3.63) is 58.1 Å². The van der Waals surface area contributed by atoms with Crippen molar-refractivity contribution in [1.82, 2.24) is 15.1 Å². The minimum absolute atomic E-state index is 0.739. The van der Waals surface area contributed by atoms with E-state index in [0.29, 0.717) is 0 Å². The molecule has 0 spiro atoms. The highest BCUT2D eigenvalue weighted by Crippen LogP contribution is 2.43. The monoisotopic (exact) mass is 438 g/mol. The highest BCUT2D eigenvalue weighted by Gasteiger charge is 2.27. The third kappa shape index (κ3) is 3.42. The molecular formula is C22H23BrN4O. The third-order valence-corrected chi connectivity index (χ3v) is 6.06. The van der Waals surface area contributed by atoms with Crippen LogP contribution in [0.5, 0.6) is 5.75 Å². The van der Waals surface area contributed by atoms with Crippen LogP contribution in [0.1, 0.15) is 24.0 Å². The Bertz CT molecular complexity index is 994. The van der Waals surface area contributed by atoms with Gasteiger partial charge >= 0.3 is 0 Å². The Labute approximate surface area is 173 Å². The number of benzene rings is 2. The molecule has 144 valence electrons. The molecule has 0 saturated carbocycles. The van der Waals surface area contributed by atoms with Crippen molar-refractivity contribution in [3.63, 3.8) is 0 Å². The summed E-state index contributed by atoms with van der Waals surface area (Å²) in [5.41, 5.74) is 5.67. The second-order valence-corrected chi connectivity index (χ2v) is 8.33. The number of anilines is 2. The lowest BCUT2D eigenvalue weighted by molar-refractivity contribution is 0.236. The van der Waals surface area contributed by atoms with Crippen molar-refractivity contribution < 1.29 is 4.74 Å². The zero-order valence-corrected chi connectivity index (χ0v) is 17.3. The topological polar surface area (TPSA) is 53.2 Å². The fourth-order valence-corrected chi connectivity index (χ4v) is 4.55. The largest absolute Gasteiger partial charge is 0.492 e. The van der Waals surface area contributed by atoms with Gasteiger partial charge in [0.05, 0.1) is 5.69 Å². The Hall–Kier alpha value is -2.31. The zero-order valence-electron chi connectivity index (χ0n) is 15.7. The van der Waals surface area contributed by atoms with Crippen LogP contribution < -0.4 is 10.1 Å². The second-order valence-electron chi connectivity index (χ2n) is 7.42. The Morgan fingerprint density at radius 3 is 2.82 bits per heavy atom. The first-order chi connectivity index (χ1) is 13.8. The van der Waals surface area contributed by atoms with Crippen molar-refractivity contribution in [3.8, 4) is 17.0 Å². The van der Waals surface area contributed by atoms with Gasteiger partial charge in [0.25, 0.3) is 0 Å². The quantitative estimate of drug-likeness (QED) is 0.446. The van der Waals surface area contributed by atoms with Crippen LogP contribution in [0.3, 0.4) is 0 Å². The molecule has 2 heterocycles. The van der Waals surface area contributed by atoms with Gasteiger partial charge in [-0.15, -0.1) is 0 Å². The Balaban J connectivity index is 1.33. The van der Waals surface area contributed by atoms with Gasteiger partial charge in [-0.05, 0) is 50.2 Å². The minimum atomic E-state index is 0.739. The number of halogens is 1. The molecule has 1 saturated heterocycles. The molecule has 1 aliphatic carbocycles. The number of hydrogen-bond donors (Lipinski definition) is 2. The molecule has 1 fully saturated rings. The van der Waals surface area contributed by atoms with Crippen LogP contribution in [-0.2, 0) is 6.42 Å². The van der Waals surface area contributed by atoms with Crippen LogP contribution in [0.15, 0.2) is 46.9 Å². The average Bonchev–Trinajstić information content (AvgIpc) is 3.41. The zero-order chi connectivity index (χ0) is 18.9. The van der Waals surface area contributed by atoms with E-state index in [9.17, 15) is 0 Å². The number of ether oxygens (including phenoxy) is 1. The molecule has 28 heavy (non-hydrogen) atoms. The number of likely N-dealkylation sites (tertiary alicyclic amines) is 1. The van der Waals surface area contributed by atoms with Crippen LogP contribution in [0.25, 0.3) is 11.3 Å². The maximum absolute atomic E-state index is 6.18. The van der Waals surface area contributed by atoms with E-state index in [1.807, 2.05) is 18.2 Å². The number of nitrogens with zero attached hydrogens (tertiary/aromatic N) is 2. The molecule has 0 bridgehead atoms. The molecule has 2 aliphatic rings. The maximum atomic E-state index is 6.18. The first kappa shape index (κ1) is 17.8. The lowest BCUT2D eigenvalue weighted by atomic mass is 10.1. The third-order valence-electron chi connectivity index (χ3n) is 5.57. The standard InChI is InChI=1S/C22H23BrN4O/c23-15-5-3-6-16(13-15)24-22-19-14-18-17(21(19)25-26-22)7-4-8-20(18)28-12-11-27-9-1-2-10-27/h3-8,13H,1-2,9-12,14H2,(H2,24,25,26). The van der Waals surface area contributed by atoms with E-state index in [-0.39, 0.29) is 0 Å². The SMILES string of the molecule is Brc1cccc(Nc2[nH]nc3c2Cc2c(OCCN4CCCC4)cccc2-3)c1. The van der Waals surface area contributed by atoms with Crippen LogP contribution in [0.4, 0.5) is 11.5 Å². The number of fused-ring (bicyclic) bond motifs is 3. The summed E-state index contributed by atoms with van der Waals surface area (Å²) >= 11 is 3.52. The molecule has 0 unspecified atom stereocenters. The summed E-state index contributed by atoms with van der Waals surface area (Å²) in [4.78, 5) is 2.48. The molecule has 5 rings (SSSR count). The number of aromatic amines is 1. The van der Waals surface area contributed by atoms with Crippen molar-refractivity contribution in [1.29, 1.82) is 0 Å². The molecule has 2 aromatic carbocycles. The first-order valence-electron chi connectivity index (χ1n) is 9.85. The molecular weight excluding hydrogens is 416 g/mol. The van der Waals surface area contributed by atoms with E-state index in [2.05, 4.69) is 60.6 Å². The second kappa shape index (κ2) is 7.60. The van der Waals surface area contributed by atoms with Gasteiger partial charge < -0.3 is 10.1 Å². The minimum Gasteiger partial charge on any atom is -0.492 e. The molecule has 3 aromatic rings. The maximum Gasteiger partial charge on any atom is 0.130 e. The van der Waals surface area contributed by atoms with Crippen molar-refractivity contribution >= 4 is 27.4 Å². The van der Waals surface area contributed by atoms with Gasteiger partial charge in [-0.1, -0.05) is 34.1 Å². The van der Waals surface area contributed by atoms with Gasteiger partial charge in [-0.2, -0.15) is 5.10 Å². The molecule has 0 amide bonds. The molecule has 2 N–H and O–H groups in total. The van der Waals surface area contributed by atoms with Gasteiger partial charge in [0.1, 0.15) is 18.2 Å². The van der Waals surface area contributed by atoms with Crippen molar-refractivity contribution in [2.45, 2.75) is 19.3 Å². The molecule has 0 atom stereocenters. The van der Waals surface area contributed by atoms with Crippen LogP contribution in [0, 0.1) is 0 Å². The van der Waals surface area contributed by atoms with Gasteiger partial charge in [0.15, 0.2) is 0 Å². The van der Waals surface area contributed by atoms with Crippen molar-refractivity contribution in [2.24, 2.45) is 0 Å². The summed E-state index contributed by atoms with van der Waals surface area (Å²) in [6, 6.07) is 14.4. The summed E-state index contributed by atoms with van der Waals surface area (Å²) in [7, 11) is 0. The number of hydrogen-bond acceptors (Lipinski definition) is 4. The smallest absolute Gasteiger partial charge is 0.130 e. The van der Waals surface area contributed by atoms with Crippen LogP contribution in [0.2, 0.25) is 0 Å². The average molecular weight is 439 g/mol. The predicted molar refractivity (Wildman–Crippen MR) is 115 cm³/mol. The highest BCUT2D eigenvalue weighted by molar-refractivity contribution is 9.10. The molecule has 1 aromatic heterocycles. The fraction of sp³-hybridized carbons (Fsp3) is 0.318. The Morgan fingerprint density at radius 1 is 1.11 bits per heavy atom. The number of H-pyrrole nitrogens is 1. The Morgan fingerprint density at radius 2 is 1.96 bits per heavy atom. The van der Waals surface area contributed by atoms with Gasteiger partial charge in [0, 0.05) is 39.8 Å². The van der Waals surface area contributed by atoms with E-state index in [1.165, 1.54) is 42.6 Å². The van der Waals surface area contributed by atoms with E-state index >= 15 is 0 Å². The van der Waals surface area contributed by atoms with E-state index < -0.39 is 0 Å². The number of nitrogens with one attached hydrogen (secondary N) is 2. The van der Waals surface area contributed by atoms with Crippen LogP contribution in [-0.4, -0.2) is 41.3 Å². The Kier molecular flexibility index (Phi) is 4.82. The number of aromatic nitrogens is 2. The highest BCUT2D eigenvalue weighted by atomic mass is 79.9. The summed E-state index contributed by atoms with van der Waals surface area (Å²) in [6.07, 6.45) is 3.46. The molecule has 0 radical (unpaired) electrons. The first-order valence-corrected chi connectivity index (χ1v) is 10.6. The van der Waals surface area contributed by atoms with Crippen LogP contribution >= 0.6 is 15.9 Å². The fourth-order valence-electron chi connectivity index (χ4n) is 4.15. The normalized spacial score (nSPS) is 15.5. The summed E-state index contributed by atoms with van der Waals surface area (Å²) in [6.45, 7) is 4.15. The van der Waals surface area contributed by atoms with Crippen molar-refractivity contribution in [2.75, 3.05) is 31.6 Å². The van der Waals surface area contributed by atoms with E-state index in [1.54, 1.807) is 0 Å². The van der Waals surface area contributed by atoms with E-state index in [0.717, 1.165) is 47.0 Å².